The minimum atomic E-state index is -0.455. The first-order valence-corrected chi connectivity index (χ1v) is 11.8. The SMILES string of the molecule is CC(=O)O/N=C/c1ccc(Nc2ccc(-c3ccc(Nc4ccc(/C=N/OC(C)=O)cc4)cc3)cc2)cc1. The summed E-state index contributed by atoms with van der Waals surface area (Å²) in [5.74, 6) is -0.910. The highest BCUT2D eigenvalue weighted by Crippen LogP contribution is 2.26. The standard InChI is InChI=1S/C30H26N4O4/c1-21(35)37-31-19-23-3-11-27(12-4-23)33-29-15-7-25(8-16-29)26-9-17-30(18-10-26)34-28-13-5-24(6-14-28)20-32-38-22(2)36/h3-20,33-34H,1-2H3/b31-19+,32-20+. The van der Waals surface area contributed by atoms with Gasteiger partial charge in [-0.2, -0.15) is 0 Å². The molecule has 0 unspecified atom stereocenters. The summed E-state index contributed by atoms with van der Waals surface area (Å²) < 4.78 is 0. The molecular weight excluding hydrogens is 480 g/mol. The average molecular weight is 507 g/mol. The average Bonchev–Trinajstić information content (AvgIpc) is 2.91. The maximum absolute atomic E-state index is 10.8. The van der Waals surface area contributed by atoms with Crippen LogP contribution in [0.25, 0.3) is 11.1 Å². The summed E-state index contributed by atoms with van der Waals surface area (Å²) >= 11 is 0. The molecule has 4 aromatic carbocycles. The van der Waals surface area contributed by atoms with Crippen molar-refractivity contribution < 1.29 is 19.3 Å². The molecular formula is C30H26N4O4. The van der Waals surface area contributed by atoms with Crippen LogP contribution >= 0.6 is 0 Å². The highest BCUT2D eigenvalue weighted by atomic mass is 16.7. The number of carbonyl (C=O) groups is 2. The third kappa shape index (κ3) is 7.89. The third-order valence-electron chi connectivity index (χ3n) is 5.27. The molecule has 38 heavy (non-hydrogen) atoms. The summed E-state index contributed by atoms with van der Waals surface area (Å²) in [6, 6.07) is 31.7. The van der Waals surface area contributed by atoms with Crippen molar-refractivity contribution in [1.82, 2.24) is 0 Å². The number of nitrogens with one attached hydrogen (secondary N) is 2. The molecule has 0 saturated heterocycles. The fourth-order valence-electron chi connectivity index (χ4n) is 3.45. The van der Waals surface area contributed by atoms with Crippen molar-refractivity contribution in [1.29, 1.82) is 0 Å². The smallest absolute Gasteiger partial charge is 0.331 e. The zero-order valence-electron chi connectivity index (χ0n) is 20.9. The number of nitrogens with zero attached hydrogens (tertiary/aromatic N) is 2. The second-order valence-corrected chi connectivity index (χ2v) is 8.28. The molecule has 0 heterocycles. The van der Waals surface area contributed by atoms with E-state index >= 15 is 0 Å². The molecule has 190 valence electrons. The van der Waals surface area contributed by atoms with E-state index in [0.29, 0.717) is 0 Å². The van der Waals surface area contributed by atoms with Gasteiger partial charge in [-0.05, 0) is 70.8 Å². The van der Waals surface area contributed by atoms with Crippen molar-refractivity contribution in [2.45, 2.75) is 13.8 Å². The van der Waals surface area contributed by atoms with E-state index in [0.717, 1.165) is 45.0 Å². The Morgan fingerprint density at radius 3 is 1.11 bits per heavy atom. The van der Waals surface area contributed by atoms with Crippen LogP contribution in [0.1, 0.15) is 25.0 Å². The molecule has 0 aliphatic carbocycles. The van der Waals surface area contributed by atoms with E-state index < -0.39 is 11.9 Å². The minimum Gasteiger partial charge on any atom is -0.356 e. The molecule has 4 rings (SSSR count). The second-order valence-electron chi connectivity index (χ2n) is 8.28. The second kappa shape index (κ2) is 12.6. The number of hydrogen-bond donors (Lipinski definition) is 2. The van der Waals surface area contributed by atoms with Crippen LogP contribution in [0.15, 0.2) is 107 Å². The van der Waals surface area contributed by atoms with Crippen LogP contribution in [0.3, 0.4) is 0 Å². The Kier molecular flexibility index (Phi) is 8.60. The predicted molar refractivity (Wildman–Crippen MR) is 150 cm³/mol. The summed E-state index contributed by atoms with van der Waals surface area (Å²) in [5, 5.41) is 14.0. The van der Waals surface area contributed by atoms with Gasteiger partial charge in [-0.3, -0.25) is 0 Å². The van der Waals surface area contributed by atoms with Gasteiger partial charge in [0.2, 0.25) is 0 Å². The molecule has 0 aliphatic heterocycles. The van der Waals surface area contributed by atoms with Crippen molar-refractivity contribution in [2.75, 3.05) is 10.6 Å². The lowest BCUT2D eigenvalue weighted by Crippen LogP contribution is -1.93. The van der Waals surface area contributed by atoms with Crippen LogP contribution in [-0.4, -0.2) is 24.4 Å². The minimum absolute atomic E-state index is 0.455. The molecule has 0 bridgehead atoms. The molecule has 0 saturated carbocycles. The molecule has 0 aromatic heterocycles. The van der Waals surface area contributed by atoms with Crippen molar-refractivity contribution in [3.05, 3.63) is 108 Å². The Labute approximate surface area is 220 Å². The van der Waals surface area contributed by atoms with Crippen molar-refractivity contribution in [3.63, 3.8) is 0 Å². The van der Waals surface area contributed by atoms with Crippen molar-refractivity contribution in [2.24, 2.45) is 10.3 Å². The van der Waals surface area contributed by atoms with Gasteiger partial charge >= 0.3 is 11.9 Å². The van der Waals surface area contributed by atoms with Gasteiger partial charge in [-0.1, -0.05) is 58.8 Å². The predicted octanol–water partition coefficient (Wildman–Crippen LogP) is 6.63. The number of rotatable bonds is 9. The first-order valence-electron chi connectivity index (χ1n) is 11.8. The molecule has 2 N–H and O–H groups in total. The highest BCUT2D eigenvalue weighted by Gasteiger charge is 2.02. The zero-order chi connectivity index (χ0) is 26.7. The normalized spacial score (nSPS) is 10.9. The Balaban J connectivity index is 1.32. The Morgan fingerprint density at radius 1 is 0.526 bits per heavy atom. The third-order valence-corrected chi connectivity index (χ3v) is 5.27. The van der Waals surface area contributed by atoms with E-state index in [2.05, 4.69) is 54.9 Å². The fraction of sp³-hybridized carbons (Fsp3) is 0.0667. The van der Waals surface area contributed by atoms with Crippen LogP contribution in [0.5, 0.6) is 0 Å². The number of carbonyl (C=O) groups excluding carboxylic acids is 2. The molecule has 0 aliphatic rings. The highest BCUT2D eigenvalue weighted by molar-refractivity contribution is 5.82. The number of hydrogen-bond acceptors (Lipinski definition) is 8. The molecule has 0 fully saturated rings. The van der Waals surface area contributed by atoms with Gasteiger partial charge in [0.25, 0.3) is 0 Å². The van der Waals surface area contributed by atoms with Crippen LogP contribution in [0.2, 0.25) is 0 Å². The van der Waals surface area contributed by atoms with Gasteiger partial charge in [0.05, 0.1) is 12.4 Å². The maximum atomic E-state index is 10.8. The van der Waals surface area contributed by atoms with E-state index in [1.807, 2.05) is 72.8 Å². The first-order chi connectivity index (χ1) is 18.4. The summed E-state index contributed by atoms with van der Waals surface area (Å²) in [6.45, 7) is 2.61. The van der Waals surface area contributed by atoms with Crippen molar-refractivity contribution >= 4 is 47.1 Å². The monoisotopic (exact) mass is 506 g/mol. The summed E-state index contributed by atoms with van der Waals surface area (Å²) in [7, 11) is 0. The van der Waals surface area contributed by atoms with Crippen LogP contribution in [0, 0.1) is 0 Å². The largest absolute Gasteiger partial charge is 0.356 e. The molecule has 8 heteroatoms. The zero-order valence-corrected chi connectivity index (χ0v) is 20.9. The summed E-state index contributed by atoms with van der Waals surface area (Å²) in [4.78, 5) is 30.7. The molecule has 0 atom stereocenters. The van der Waals surface area contributed by atoms with E-state index in [1.54, 1.807) is 0 Å². The van der Waals surface area contributed by atoms with Gasteiger partial charge in [0, 0.05) is 36.6 Å². The summed E-state index contributed by atoms with van der Waals surface area (Å²) in [5.41, 5.74) is 7.67. The van der Waals surface area contributed by atoms with Gasteiger partial charge in [-0.15, -0.1) is 0 Å². The van der Waals surface area contributed by atoms with Gasteiger partial charge in [0.15, 0.2) is 0 Å². The summed E-state index contributed by atoms with van der Waals surface area (Å²) in [6.07, 6.45) is 2.98. The molecule has 0 radical (unpaired) electrons. The lowest BCUT2D eigenvalue weighted by molar-refractivity contribution is -0.141. The quantitative estimate of drug-likeness (QED) is 0.150. The van der Waals surface area contributed by atoms with Gasteiger partial charge in [-0.25, -0.2) is 9.59 Å². The number of benzene rings is 4. The van der Waals surface area contributed by atoms with Gasteiger partial charge in [0.1, 0.15) is 0 Å². The lowest BCUT2D eigenvalue weighted by atomic mass is 10.0. The molecule has 0 spiro atoms. The van der Waals surface area contributed by atoms with Crippen LogP contribution in [0.4, 0.5) is 22.7 Å². The molecule has 8 nitrogen and oxygen atoms in total. The van der Waals surface area contributed by atoms with Crippen LogP contribution in [-0.2, 0) is 19.3 Å². The fourth-order valence-corrected chi connectivity index (χ4v) is 3.45. The number of oxime groups is 2. The Bertz CT molecular complexity index is 1320. The van der Waals surface area contributed by atoms with Crippen molar-refractivity contribution in [3.8, 4) is 11.1 Å². The van der Waals surface area contributed by atoms with E-state index in [-0.39, 0.29) is 0 Å². The van der Waals surface area contributed by atoms with E-state index in [9.17, 15) is 9.59 Å². The Morgan fingerprint density at radius 2 is 0.816 bits per heavy atom. The lowest BCUT2D eigenvalue weighted by Gasteiger charge is -2.10. The van der Waals surface area contributed by atoms with Gasteiger partial charge < -0.3 is 20.3 Å². The Hall–Kier alpha value is -5.24. The molecule has 0 amide bonds. The van der Waals surface area contributed by atoms with E-state index in [1.165, 1.54) is 26.3 Å². The molecule has 4 aromatic rings. The first kappa shape index (κ1) is 25.8. The van der Waals surface area contributed by atoms with E-state index in [4.69, 9.17) is 0 Å². The van der Waals surface area contributed by atoms with Crippen LogP contribution < -0.4 is 10.6 Å². The maximum Gasteiger partial charge on any atom is 0.331 e. The topological polar surface area (TPSA) is 101 Å². The number of anilines is 4.